The Kier molecular flexibility index (Phi) is 6.45. The number of likely N-dealkylation sites (tertiary alicyclic amines) is 1. The van der Waals surface area contributed by atoms with E-state index >= 15 is 0 Å². The molecular formula is C29H32N4O2. The average molecular weight is 469 g/mol. The summed E-state index contributed by atoms with van der Waals surface area (Å²) in [5, 5.41) is 0. The summed E-state index contributed by atoms with van der Waals surface area (Å²) in [5.74, 6) is 0. The number of rotatable bonds is 4. The van der Waals surface area contributed by atoms with E-state index in [4.69, 9.17) is 0 Å². The predicted molar refractivity (Wildman–Crippen MR) is 139 cm³/mol. The van der Waals surface area contributed by atoms with Crippen LogP contribution in [0.4, 0.5) is 21.0 Å². The average Bonchev–Trinajstić information content (AvgIpc) is 3.15. The SMILES string of the molecule is Cc1ccc(CN(C)C(=O)N2[C@@H]3CC[C@H]2CN(C(=O)N(c2ccccc2)c2ccccc2)C3)cc1. The molecule has 2 saturated heterocycles. The van der Waals surface area contributed by atoms with Crippen molar-refractivity contribution < 1.29 is 9.59 Å². The Labute approximate surface area is 207 Å². The number of fused-ring (bicyclic) bond motifs is 2. The van der Waals surface area contributed by atoms with Crippen molar-refractivity contribution in [1.82, 2.24) is 14.7 Å². The molecule has 2 atom stereocenters. The standard InChI is InChI=1S/C29H32N4O2/c1-22-13-15-23(16-14-22)19-30(2)28(34)33-26-17-18-27(33)21-31(20-26)29(35)32(24-9-5-3-6-10-24)25-11-7-4-8-12-25/h3-16,26-27H,17-21H2,1-2H3/t26-,27+. The molecule has 2 fully saturated rings. The second-order valence-electron chi connectivity index (χ2n) is 9.61. The Morgan fingerprint density at radius 1 is 0.771 bits per heavy atom. The Morgan fingerprint density at radius 2 is 1.29 bits per heavy atom. The van der Waals surface area contributed by atoms with E-state index < -0.39 is 0 Å². The molecule has 0 saturated carbocycles. The summed E-state index contributed by atoms with van der Waals surface area (Å²) in [7, 11) is 1.87. The van der Waals surface area contributed by atoms with Crippen LogP contribution in [0.15, 0.2) is 84.9 Å². The van der Waals surface area contributed by atoms with Gasteiger partial charge in [0.25, 0.3) is 0 Å². The predicted octanol–water partition coefficient (Wildman–Crippen LogP) is 5.65. The molecule has 0 unspecified atom stereocenters. The molecule has 180 valence electrons. The molecule has 0 aliphatic carbocycles. The highest BCUT2D eigenvalue weighted by Gasteiger charge is 2.45. The van der Waals surface area contributed by atoms with Crippen molar-refractivity contribution in [3.8, 4) is 0 Å². The van der Waals surface area contributed by atoms with Gasteiger partial charge in [-0.1, -0.05) is 66.2 Å². The fourth-order valence-corrected chi connectivity index (χ4v) is 5.27. The van der Waals surface area contributed by atoms with Crippen molar-refractivity contribution in [3.63, 3.8) is 0 Å². The van der Waals surface area contributed by atoms with Crippen LogP contribution < -0.4 is 4.90 Å². The lowest BCUT2D eigenvalue weighted by Gasteiger charge is -2.43. The number of benzene rings is 3. The van der Waals surface area contributed by atoms with E-state index in [1.165, 1.54) is 5.56 Å². The van der Waals surface area contributed by atoms with Crippen LogP contribution in [0.5, 0.6) is 0 Å². The number of anilines is 2. The molecule has 0 aromatic heterocycles. The number of hydrogen-bond donors (Lipinski definition) is 0. The molecule has 3 aromatic carbocycles. The molecule has 2 aliphatic rings. The fourth-order valence-electron chi connectivity index (χ4n) is 5.27. The Balaban J connectivity index is 1.31. The molecular weight excluding hydrogens is 436 g/mol. The number of aryl methyl sites for hydroxylation is 1. The minimum absolute atomic E-state index is 0.0408. The highest BCUT2D eigenvalue weighted by Crippen LogP contribution is 2.34. The highest BCUT2D eigenvalue weighted by molar-refractivity contribution is 5.99. The number of hydrogen-bond acceptors (Lipinski definition) is 2. The molecule has 0 radical (unpaired) electrons. The third-order valence-electron chi connectivity index (χ3n) is 7.06. The largest absolute Gasteiger partial charge is 0.329 e. The van der Waals surface area contributed by atoms with Gasteiger partial charge in [0, 0.05) is 26.7 Å². The number of para-hydroxylation sites is 2. The number of carbonyl (C=O) groups is 2. The number of amides is 4. The second kappa shape index (κ2) is 9.82. The zero-order valence-electron chi connectivity index (χ0n) is 20.4. The monoisotopic (exact) mass is 468 g/mol. The smallest absolute Gasteiger partial charge is 0.323 e. The van der Waals surface area contributed by atoms with E-state index in [1.807, 2.05) is 77.5 Å². The van der Waals surface area contributed by atoms with Crippen LogP contribution in [0.1, 0.15) is 24.0 Å². The lowest BCUT2D eigenvalue weighted by atomic mass is 10.1. The van der Waals surface area contributed by atoms with Crippen LogP contribution in [0, 0.1) is 6.92 Å². The molecule has 6 nitrogen and oxygen atoms in total. The van der Waals surface area contributed by atoms with Crippen molar-refractivity contribution in [2.24, 2.45) is 0 Å². The van der Waals surface area contributed by atoms with Crippen LogP contribution in [-0.4, -0.2) is 59.0 Å². The molecule has 2 aliphatic heterocycles. The molecule has 0 spiro atoms. The summed E-state index contributed by atoms with van der Waals surface area (Å²) in [6.45, 7) is 3.74. The quantitative estimate of drug-likeness (QED) is 0.497. The third-order valence-corrected chi connectivity index (χ3v) is 7.06. The lowest BCUT2D eigenvalue weighted by Crippen LogP contribution is -2.60. The van der Waals surface area contributed by atoms with Gasteiger partial charge in [-0.2, -0.15) is 0 Å². The molecule has 6 heteroatoms. The Morgan fingerprint density at radius 3 is 1.80 bits per heavy atom. The summed E-state index contributed by atoms with van der Waals surface area (Å²) < 4.78 is 0. The molecule has 3 aromatic rings. The molecule has 35 heavy (non-hydrogen) atoms. The number of carbonyl (C=O) groups excluding carboxylic acids is 2. The van der Waals surface area contributed by atoms with Crippen molar-refractivity contribution in [2.75, 3.05) is 25.0 Å². The van der Waals surface area contributed by atoms with Crippen LogP contribution in [0.2, 0.25) is 0 Å². The molecule has 5 rings (SSSR count). The molecule has 2 heterocycles. The first-order chi connectivity index (χ1) is 17.0. The van der Waals surface area contributed by atoms with E-state index in [0.717, 1.165) is 29.8 Å². The topological polar surface area (TPSA) is 47.1 Å². The normalized spacial score (nSPS) is 18.9. The summed E-state index contributed by atoms with van der Waals surface area (Å²) in [5.41, 5.74) is 4.01. The zero-order valence-corrected chi connectivity index (χ0v) is 20.4. The maximum absolute atomic E-state index is 13.8. The van der Waals surface area contributed by atoms with E-state index in [-0.39, 0.29) is 24.1 Å². The van der Waals surface area contributed by atoms with Crippen molar-refractivity contribution in [2.45, 2.75) is 38.4 Å². The van der Waals surface area contributed by atoms with Crippen molar-refractivity contribution in [1.29, 1.82) is 0 Å². The van der Waals surface area contributed by atoms with Crippen LogP contribution in [0.25, 0.3) is 0 Å². The first-order valence-corrected chi connectivity index (χ1v) is 12.3. The van der Waals surface area contributed by atoms with Crippen molar-refractivity contribution in [3.05, 3.63) is 96.1 Å². The van der Waals surface area contributed by atoms with Gasteiger partial charge in [0.15, 0.2) is 0 Å². The van der Waals surface area contributed by atoms with E-state index in [9.17, 15) is 9.59 Å². The lowest BCUT2D eigenvalue weighted by molar-refractivity contribution is 0.0854. The summed E-state index contributed by atoms with van der Waals surface area (Å²) >= 11 is 0. The second-order valence-corrected chi connectivity index (χ2v) is 9.61. The van der Waals surface area contributed by atoms with Crippen LogP contribution in [-0.2, 0) is 6.54 Å². The fraction of sp³-hybridized carbons (Fsp3) is 0.310. The minimum Gasteiger partial charge on any atom is -0.323 e. The zero-order chi connectivity index (χ0) is 24.4. The van der Waals surface area contributed by atoms with Gasteiger partial charge >= 0.3 is 12.1 Å². The van der Waals surface area contributed by atoms with E-state index in [1.54, 1.807) is 9.80 Å². The van der Waals surface area contributed by atoms with E-state index in [2.05, 4.69) is 31.2 Å². The summed E-state index contributed by atoms with van der Waals surface area (Å²) in [6.07, 6.45) is 1.85. The molecule has 4 amide bonds. The Bertz CT molecular complexity index is 1110. The van der Waals surface area contributed by atoms with Gasteiger partial charge in [-0.25, -0.2) is 9.59 Å². The molecule has 0 N–H and O–H groups in total. The van der Waals surface area contributed by atoms with Crippen LogP contribution >= 0.6 is 0 Å². The van der Waals surface area contributed by atoms with Gasteiger partial charge in [0.2, 0.25) is 0 Å². The van der Waals surface area contributed by atoms with Gasteiger partial charge in [-0.3, -0.25) is 4.90 Å². The summed E-state index contributed by atoms with van der Waals surface area (Å²) in [4.78, 5) is 34.8. The maximum atomic E-state index is 13.8. The van der Waals surface area contributed by atoms with Gasteiger partial charge in [0.1, 0.15) is 0 Å². The third kappa shape index (κ3) is 4.74. The molecule has 2 bridgehead atoms. The Hall–Kier alpha value is -3.80. The van der Waals surface area contributed by atoms with Gasteiger partial charge in [-0.05, 0) is 49.6 Å². The van der Waals surface area contributed by atoms with Crippen molar-refractivity contribution >= 4 is 23.4 Å². The number of urea groups is 2. The number of piperazine rings is 1. The van der Waals surface area contributed by atoms with Gasteiger partial charge in [-0.15, -0.1) is 0 Å². The minimum atomic E-state index is -0.0422. The van der Waals surface area contributed by atoms with Gasteiger partial charge < -0.3 is 14.7 Å². The highest BCUT2D eigenvalue weighted by atomic mass is 16.2. The first kappa shape index (κ1) is 23.0. The summed E-state index contributed by atoms with van der Waals surface area (Å²) in [6, 6.07) is 27.9. The van der Waals surface area contributed by atoms with Crippen LogP contribution in [0.3, 0.4) is 0 Å². The number of nitrogens with zero attached hydrogens (tertiary/aromatic N) is 4. The van der Waals surface area contributed by atoms with Gasteiger partial charge in [0.05, 0.1) is 23.5 Å². The maximum Gasteiger partial charge on any atom is 0.329 e. The first-order valence-electron chi connectivity index (χ1n) is 12.3. The van der Waals surface area contributed by atoms with E-state index in [0.29, 0.717) is 19.6 Å².